The molecule has 546 valence electrons. The van der Waals surface area contributed by atoms with Crippen LogP contribution in [0.5, 0.6) is 11.5 Å². The van der Waals surface area contributed by atoms with Gasteiger partial charge in [0.25, 0.3) is 0 Å². The van der Waals surface area contributed by atoms with Crippen LogP contribution in [0.3, 0.4) is 0 Å². The molecule has 4 aromatic rings. The van der Waals surface area contributed by atoms with E-state index in [0.29, 0.717) is 10.8 Å². The zero-order valence-electron chi connectivity index (χ0n) is 51.7. The van der Waals surface area contributed by atoms with Gasteiger partial charge in [-0.2, -0.15) is 0 Å². The number of hydrogen-bond donors (Lipinski definition) is 16. The highest BCUT2D eigenvalue weighted by atomic mass is 79.9. The fraction of sp³-hybridized carbons (Fsp3) is 0.194. The molecular weight excluding hydrogens is 1980 g/mol. The second-order valence-corrected chi connectivity index (χ2v) is 31.7. The average molecular weight is 2020 g/mol. The Labute approximate surface area is 668 Å². The first kappa shape index (κ1) is 82.1. The highest BCUT2D eigenvalue weighted by molar-refractivity contribution is 9.12. The van der Waals surface area contributed by atoms with E-state index in [4.69, 9.17) is 33.3 Å². The van der Waals surface area contributed by atoms with E-state index in [0.717, 1.165) is 21.6 Å². The maximum atomic E-state index is 13.5. The number of aliphatic carboxylic acids is 4. The number of benzene rings is 6. The largest absolute Gasteiger partial charge is 0.505 e. The minimum Gasteiger partial charge on any atom is -0.505 e. The number of phenols is 2. The second kappa shape index (κ2) is 35.7. The first-order chi connectivity index (χ1) is 49.0. The number of amides is 4. The van der Waals surface area contributed by atoms with Crippen molar-refractivity contribution in [3.63, 3.8) is 0 Å². The smallest absolute Gasteiger partial charge is 0.336 e. The summed E-state index contributed by atoms with van der Waals surface area (Å²) in [6.07, 6.45) is -2.18. The van der Waals surface area contributed by atoms with Crippen LogP contribution in [0.2, 0.25) is 0 Å². The molecule has 0 unspecified atom stereocenters. The summed E-state index contributed by atoms with van der Waals surface area (Å²) in [6, 6.07) is 7.68. The van der Waals surface area contributed by atoms with E-state index >= 15 is 0 Å². The summed E-state index contributed by atoms with van der Waals surface area (Å²) >= 11 is 37.1. The van der Waals surface area contributed by atoms with Gasteiger partial charge in [-0.1, -0.05) is 33.7 Å². The monoisotopic (exact) mass is 2010 g/mol. The number of thiocarbonyl (C=S) groups is 2. The van der Waals surface area contributed by atoms with Gasteiger partial charge < -0.3 is 92.2 Å². The van der Waals surface area contributed by atoms with Crippen molar-refractivity contribution < 1.29 is 97.6 Å². The Morgan fingerprint density at radius 3 is 1.13 bits per heavy atom. The van der Waals surface area contributed by atoms with Crippen LogP contribution < -0.4 is 53.4 Å². The minimum absolute atomic E-state index is 0.0134. The van der Waals surface area contributed by atoms with Crippen molar-refractivity contribution >= 4 is 276 Å². The molecule has 2 aliphatic carbocycles. The molecule has 0 saturated heterocycles. The van der Waals surface area contributed by atoms with Crippen molar-refractivity contribution in [1.82, 2.24) is 31.9 Å². The van der Waals surface area contributed by atoms with Gasteiger partial charge in [-0.05, 0) is 224 Å². The van der Waals surface area contributed by atoms with Gasteiger partial charge >= 0.3 is 35.8 Å². The van der Waals surface area contributed by atoms with Gasteiger partial charge in [0.2, 0.25) is 34.5 Å². The Morgan fingerprint density at radius 2 is 0.808 bits per heavy atom. The molecule has 4 aromatic carbocycles. The van der Waals surface area contributed by atoms with Gasteiger partial charge in [0, 0.05) is 68.7 Å². The fourth-order valence-electron chi connectivity index (χ4n) is 10.0. The van der Waals surface area contributed by atoms with Crippen molar-refractivity contribution in [1.29, 1.82) is 0 Å². The topological polar surface area (TPSA) is 489 Å². The number of anilines is 2. The Bertz CT molecular complexity index is 4710. The van der Waals surface area contributed by atoms with Crippen LogP contribution in [-0.4, -0.2) is 159 Å². The van der Waals surface area contributed by atoms with Crippen molar-refractivity contribution in [2.24, 2.45) is 0 Å². The maximum Gasteiger partial charge on any atom is 0.336 e. The summed E-state index contributed by atoms with van der Waals surface area (Å²) in [6.45, 7) is -1.80. The van der Waals surface area contributed by atoms with E-state index in [-0.39, 0.29) is 148 Å². The lowest BCUT2D eigenvalue weighted by Gasteiger charge is -2.21. The molecule has 2 heterocycles. The number of halogens is 8. The summed E-state index contributed by atoms with van der Waals surface area (Å²) in [7, 11) is 1.63. The number of carbonyl (C=O) groups excluding carboxylic acids is 4. The molecule has 8 rings (SSSR count). The molecule has 4 amide bonds. The zero-order chi connectivity index (χ0) is 76.6. The van der Waals surface area contributed by atoms with Gasteiger partial charge in [-0.25, -0.2) is 19.2 Å². The highest BCUT2D eigenvalue weighted by Gasteiger charge is 2.33. The van der Waals surface area contributed by atoms with Gasteiger partial charge in [0.1, 0.15) is 66.6 Å². The third-order valence-electron chi connectivity index (χ3n) is 14.8. The Balaban J connectivity index is 0.889. The standard InChI is InChI=1S/C62H46Br8N8O22S4/c63-29-11-25-41(26-12-30(64)48(86)44(68)52(26)99-51(25)43(67)47(29)85)21-3-1-19(9-23(21)57(91)92)73-61(101)77-33(59(95)96)5-7-37(79)75-35(55(89)71-15-39(81)82)17-103-104-18-36(56(90)72-16-40(83)84)76-38(80)8-6-34(60(97)98)78-62(102)74-20-2-4-22(24(10-20)58(93)94)42-27-13-31(65)49(87)45(69)53(27)100-54-28(42)14-32(66)50(88)46(54)70/h1-4,9-14,33-36,85,87H,5-8,15-18H2,(H,71,89)(H,72,90)(H,75,79)(H,76,80)(H,81,82)(H,83,84)(H,91,92)(H,93,94)(H,95,96)(H,97,98)(H2,73,77,101)(H2,74,78,102)/t33-,34-,35-,36-/m0/s1. The number of nitrogens with one attached hydrogen (secondary N) is 8. The first-order valence-electron chi connectivity index (χ1n) is 29.1. The average Bonchev–Trinajstić information content (AvgIpc) is 0.735. The molecular formula is C62H46Br8N8O22S4. The molecule has 0 aromatic heterocycles. The molecule has 4 aliphatic rings. The third kappa shape index (κ3) is 19.6. The lowest BCUT2D eigenvalue weighted by molar-refractivity contribution is -0.140. The van der Waals surface area contributed by atoms with E-state index in [1.54, 1.807) is 0 Å². The van der Waals surface area contributed by atoms with Gasteiger partial charge in [0.15, 0.2) is 32.9 Å². The van der Waals surface area contributed by atoms with E-state index in [2.05, 4.69) is 170 Å². The van der Waals surface area contributed by atoms with Crippen LogP contribution in [0.25, 0.3) is 66.8 Å². The molecule has 2 aliphatic heterocycles. The van der Waals surface area contributed by atoms with Crippen molar-refractivity contribution in [2.45, 2.75) is 49.9 Å². The predicted octanol–water partition coefficient (Wildman–Crippen LogP) is 10.8. The van der Waals surface area contributed by atoms with Gasteiger partial charge in [-0.15, -0.1) is 0 Å². The molecule has 4 atom stereocenters. The quantitative estimate of drug-likeness (QED) is 0.00896. The first-order valence-corrected chi connectivity index (χ1v) is 38.7. The number of aromatic hydroxyl groups is 2. The molecule has 0 bridgehead atoms. The number of phenolic OH excluding ortho intramolecular Hbond substituents is 2. The summed E-state index contributed by atoms with van der Waals surface area (Å²) in [5, 5.41) is 101. The Morgan fingerprint density at radius 1 is 0.452 bits per heavy atom. The van der Waals surface area contributed by atoms with Crippen LogP contribution in [0.1, 0.15) is 46.4 Å². The number of rotatable bonds is 29. The van der Waals surface area contributed by atoms with Gasteiger partial charge in [0.05, 0.1) is 29.0 Å². The number of aromatic carboxylic acids is 2. The van der Waals surface area contributed by atoms with Gasteiger partial charge in [-0.3, -0.25) is 38.4 Å². The van der Waals surface area contributed by atoms with E-state index < -0.39 is 133 Å². The molecule has 42 heteroatoms. The summed E-state index contributed by atoms with van der Waals surface area (Å²) in [4.78, 5) is 153. The van der Waals surface area contributed by atoms with Crippen LogP contribution in [0.15, 0.2) is 115 Å². The molecule has 0 fully saturated rings. The second-order valence-electron chi connectivity index (χ2n) is 21.7. The third-order valence-corrected chi connectivity index (χ3v) is 23.0. The number of carbonyl (C=O) groups is 10. The molecule has 0 radical (unpaired) electrons. The fourth-order valence-corrected chi connectivity index (χ4v) is 17.7. The summed E-state index contributed by atoms with van der Waals surface area (Å²) in [5.74, 6) is -13.9. The lowest BCUT2D eigenvalue weighted by Crippen LogP contribution is -2.50. The minimum atomic E-state index is -1.60. The van der Waals surface area contributed by atoms with E-state index in [9.17, 15) is 98.4 Å². The van der Waals surface area contributed by atoms with Crippen LogP contribution >= 0.6 is 173 Å². The Hall–Kier alpha value is -7.52. The predicted molar refractivity (Wildman–Crippen MR) is 418 cm³/mol. The number of fused-ring (bicyclic) bond motifs is 4. The van der Waals surface area contributed by atoms with Crippen LogP contribution in [0.4, 0.5) is 11.4 Å². The molecule has 0 spiro atoms. The number of hydrogen-bond acceptors (Lipinski definition) is 20. The summed E-state index contributed by atoms with van der Waals surface area (Å²) < 4.78 is 13.0. The van der Waals surface area contributed by atoms with Crippen LogP contribution in [-0.2, 0) is 38.4 Å². The molecule has 0 saturated carbocycles. The number of carboxylic acids is 6. The van der Waals surface area contributed by atoms with Crippen molar-refractivity contribution in [2.75, 3.05) is 35.2 Å². The molecule has 16 N–H and O–H groups in total. The van der Waals surface area contributed by atoms with E-state index in [1.807, 2.05) is 0 Å². The lowest BCUT2D eigenvalue weighted by atomic mass is 9.90. The molecule has 30 nitrogen and oxygen atoms in total. The molecule has 104 heavy (non-hydrogen) atoms. The zero-order valence-corrected chi connectivity index (χ0v) is 67.6. The van der Waals surface area contributed by atoms with Crippen molar-refractivity contribution in [3.05, 3.63) is 128 Å². The normalized spacial score (nSPS) is 12.3. The van der Waals surface area contributed by atoms with Crippen molar-refractivity contribution in [3.8, 4) is 56.4 Å². The highest BCUT2D eigenvalue weighted by Crippen LogP contribution is 2.52. The number of carboxylic acid groups (broad SMARTS) is 6. The maximum absolute atomic E-state index is 13.5. The SMILES string of the molecule is O=C(O)CNC(=O)[C@H](CSSC[C@H](NC(=O)CC[C@H](NC(=S)Nc1ccc(-c2c3cc(Br)c(=O)c(Br)c-3oc3c(Br)c(O)c(Br)cc23)c(C(=O)O)c1)C(=O)O)C(=O)NCC(=O)O)NC(=O)CC[C@H](NC(=S)Nc1ccc(-c2c3cc(Br)c(=O)c(Br)c-3oc3c(Br)c(O)c(Br)cc23)c(C(=O)O)c1)C(=O)O. The van der Waals surface area contributed by atoms with E-state index in [1.165, 1.54) is 60.7 Å². The van der Waals surface area contributed by atoms with Crippen LogP contribution in [0, 0.1) is 0 Å². The Kier molecular flexibility index (Phi) is 28.2. The summed E-state index contributed by atoms with van der Waals surface area (Å²) in [5.41, 5.74) is -0.129.